The average Bonchev–Trinajstić information content (AvgIpc) is 3.07. The highest BCUT2D eigenvalue weighted by atomic mass is 79.9. The average molecular weight is 432 g/mol. The normalized spacial score (nSPS) is 16.6. The Morgan fingerprint density at radius 1 is 1.32 bits per heavy atom. The molecule has 25 heavy (non-hydrogen) atoms. The van der Waals surface area contributed by atoms with Gasteiger partial charge in [0, 0.05) is 22.5 Å². The molecule has 1 aromatic heterocycles. The van der Waals surface area contributed by atoms with E-state index in [9.17, 15) is 13.2 Å². The van der Waals surface area contributed by atoms with Gasteiger partial charge < -0.3 is 9.30 Å². The van der Waals surface area contributed by atoms with Crippen molar-refractivity contribution in [2.45, 2.75) is 25.5 Å². The Morgan fingerprint density at radius 3 is 2.88 bits per heavy atom. The fourth-order valence-electron chi connectivity index (χ4n) is 3.37. The van der Waals surface area contributed by atoms with Gasteiger partial charge in [-0.25, -0.2) is 9.37 Å². The maximum atomic E-state index is 13.7. The summed E-state index contributed by atoms with van der Waals surface area (Å²) in [6, 6.07) is 7.47. The van der Waals surface area contributed by atoms with Gasteiger partial charge in [0.15, 0.2) is 0 Å². The maximum absolute atomic E-state index is 13.7. The van der Waals surface area contributed by atoms with Gasteiger partial charge in [-0.1, -0.05) is 33.6 Å². The van der Waals surface area contributed by atoms with Crippen LogP contribution in [0.5, 0.6) is 5.75 Å². The van der Waals surface area contributed by atoms with Crippen molar-refractivity contribution in [2.75, 3.05) is 0 Å². The van der Waals surface area contributed by atoms with Crippen molar-refractivity contribution in [3.8, 4) is 5.75 Å². The molecule has 0 saturated heterocycles. The standard InChI is InChI=1S/C17H11BrClF3N2O/c18-8-2-1-3-14(25-17(21)22)16(8)12-4-5-15-23-11-7-10(20)9(19)6-13(11)24(12)15/h1-3,6-7,12,17H,4-5H2/t12-/m1/s1. The lowest BCUT2D eigenvalue weighted by molar-refractivity contribution is -0.0507. The number of imidazole rings is 1. The zero-order chi connectivity index (χ0) is 17.7. The first-order chi connectivity index (χ1) is 12.0. The molecule has 0 fully saturated rings. The van der Waals surface area contributed by atoms with Crippen molar-refractivity contribution in [1.29, 1.82) is 0 Å². The summed E-state index contributed by atoms with van der Waals surface area (Å²) in [5.74, 6) is 0.336. The predicted molar refractivity (Wildman–Crippen MR) is 91.9 cm³/mol. The Hall–Kier alpha value is -1.73. The van der Waals surface area contributed by atoms with E-state index in [-0.39, 0.29) is 16.8 Å². The molecule has 0 saturated carbocycles. The van der Waals surface area contributed by atoms with Crippen molar-refractivity contribution in [3.05, 3.63) is 57.0 Å². The van der Waals surface area contributed by atoms with E-state index in [1.54, 1.807) is 12.1 Å². The van der Waals surface area contributed by atoms with E-state index >= 15 is 0 Å². The number of benzene rings is 2. The lowest BCUT2D eigenvalue weighted by Gasteiger charge is -2.20. The number of aryl methyl sites for hydroxylation is 1. The third-order valence-corrected chi connectivity index (χ3v) is 5.30. The number of aromatic nitrogens is 2. The zero-order valence-electron chi connectivity index (χ0n) is 12.6. The minimum Gasteiger partial charge on any atom is -0.434 e. The number of hydrogen-bond acceptors (Lipinski definition) is 2. The topological polar surface area (TPSA) is 27.1 Å². The number of rotatable bonds is 3. The molecule has 1 atom stereocenters. The summed E-state index contributed by atoms with van der Waals surface area (Å²) < 4.78 is 46.6. The molecular weight excluding hydrogens is 421 g/mol. The molecule has 0 amide bonds. The zero-order valence-corrected chi connectivity index (χ0v) is 15.0. The lowest BCUT2D eigenvalue weighted by Crippen LogP contribution is -2.11. The lowest BCUT2D eigenvalue weighted by atomic mass is 10.0. The van der Waals surface area contributed by atoms with Gasteiger partial charge in [-0.15, -0.1) is 0 Å². The predicted octanol–water partition coefficient (Wildman–Crippen LogP) is 5.73. The monoisotopic (exact) mass is 430 g/mol. The minimum atomic E-state index is -2.92. The van der Waals surface area contributed by atoms with Gasteiger partial charge in [-0.05, 0) is 24.6 Å². The third kappa shape index (κ3) is 2.79. The quantitative estimate of drug-likeness (QED) is 0.530. The maximum Gasteiger partial charge on any atom is 0.387 e. The van der Waals surface area contributed by atoms with E-state index in [1.165, 1.54) is 18.2 Å². The van der Waals surface area contributed by atoms with Crippen LogP contribution in [0.3, 0.4) is 0 Å². The summed E-state index contributed by atoms with van der Waals surface area (Å²) in [5, 5.41) is -0.00275. The first-order valence-corrected chi connectivity index (χ1v) is 8.72. The van der Waals surface area contributed by atoms with E-state index in [1.807, 2.05) is 4.57 Å². The van der Waals surface area contributed by atoms with Crippen LogP contribution in [0.1, 0.15) is 23.9 Å². The van der Waals surface area contributed by atoms with Crippen molar-refractivity contribution in [3.63, 3.8) is 0 Å². The van der Waals surface area contributed by atoms with E-state index < -0.39 is 12.4 Å². The Balaban J connectivity index is 1.90. The first kappa shape index (κ1) is 16.7. The Bertz CT molecular complexity index is 976. The molecule has 2 aromatic carbocycles. The van der Waals surface area contributed by atoms with Crippen LogP contribution in [0.15, 0.2) is 34.8 Å². The molecule has 0 aliphatic carbocycles. The van der Waals surface area contributed by atoms with Crippen molar-refractivity contribution in [2.24, 2.45) is 0 Å². The summed E-state index contributed by atoms with van der Waals surface area (Å²) in [5.41, 5.74) is 1.77. The van der Waals surface area contributed by atoms with Gasteiger partial charge in [0.05, 0.1) is 22.1 Å². The van der Waals surface area contributed by atoms with Gasteiger partial charge in [0.25, 0.3) is 0 Å². The summed E-state index contributed by atoms with van der Waals surface area (Å²) in [7, 11) is 0. The molecule has 0 radical (unpaired) electrons. The van der Waals surface area contributed by atoms with Crippen molar-refractivity contribution >= 4 is 38.6 Å². The third-order valence-electron chi connectivity index (χ3n) is 4.32. The highest BCUT2D eigenvalue weighted by molar-refractivity contribution is 9.10. The van der Waals surface area contributed by atoms with Crippen molar-refractivity contribution in [1.82, 2.24) is 9.55 Å². The molecule has 4 rings (SSSR count). The second kappa shape index (κ2) is 6.21. The Kier molecular flexibility index (Phi) is 4.16. The smallest absolute Gasteiger partial charge is 0.387 e. The number of alkyl halides is 2. The number of nitrogens with zero attached hydrogens (tertiary/aromatic N) is 2. The molecule has 8 heteroatoms. The highest BCUT2D eigenvalue weighted by Gasteiger charge is 2.31. The molecule has 3 nitrogen and oxygen atoms in total. The first-order valence-electron chi connectivity index (χ1n) is 7.55. The molecule has 0 bridgehead atoms. The van der Waals surface area contributed by atoms with Gasteiger partial charge in [0.2, 0.25) is 0 Å². The molecule has 0 N–H and O–H groups in total. The van der Waals surface area contributed by atoms with E-state index in [2.05, 4.69) is 20.9 Å². The molecule has 130 valence electrons. The highest BCUT2D eigenvalue weighted by Crippen LogP contribution is 2.43. The van der Waals surface area contributed by atoms with E-state index in [4.69, 9.17) is 16.3 Å². The molecule has 1 aliphatic heterocycles. The number of hydrogen-bond donors (Lipinski definition) is 0. The number of fused-ring (bicyclic) bond motifs is 3. The van der Waals surface area contributed by atoms with Crippen LogP contribution < -0.4 is 4.74 Å². The van der Waals surface area contributed by atoms with Crippen LogP contribution in [0.2, 0.25) is 5.02 Å². The fourth-order valence-corrected chi connectivity index (χ4v) is 4.14. The summed E-state index contributed by atoms with van der Waals surface area (Å²) in [6.07, 6.45) is 1.32. The molecule has 0 unspecified atom stereocenters. The second-order valence-corrected chi connectivity index (χ2v) is 7.00. The SMILES string of the molecule is Fc1cc2nc3n(c2cc1Cl)[C@@H](c1c(Br)cccc1OC(F)F)CC3. The van der Waals surface area contributed by atoms with Crippen LogP contribution in [0, 0.1) is 5.82 Å². The summed E-state index contributed by atoms with van der Waals surface area (Å²) >= 11 is 9.35. The summed E-state index contributed by atoms with van der Waals surface area (Å²) in [6.45, 7) is -2.92. The second-order valence-electron chi connectivity index (χ2n) is 5.74. The van der Waals surface area contributed by atoms with Crippen LogP contribution in [0.4, 0.5) is 13.2 Å². The van der Waals surface area contributed by atoms with E-state index in [0.717, 1.165) is 5.82 Å². The molecule has 2 heterocycles. The van der Waals surface area contributed by atoms with Crippen LogP contribution in [-0.4, -0.2) is 16.2 Å². The minimum absolute atomic E-state index is 0.00275. The number of ether oxygens (including phenoxy) is 1. The van der Waals surface area contributed by atoms with Gasteiger partial charge >= 0.3 is 6.61 Å². The Morgan fingerprint density at radius 2 is 2.12 bits per heavy atom. The summed E-state index contributed by atoms with van der Waals surface area (Å²) in [4.78, 5) is 4.45. The molecule has 1 aliphatic rings. The van der Waals surface area contributed by atoms with Gasteiger partial charge in [-0.3, -0.25) is 0 Å². The fraction of sp³-hybridized carbons (Fsp3) is 0.235. The van der Waals surface area contributed by atoms with Crippen molar-refractivity contribution < 1.29 is 17.9 Å². The molecule has 0 spiro atoms. The Labute approximate surface area is 154 Å². The van der Waals surface area contributed by atoms with Crippen LogP contribution in [0.25, 0.3) is 11.0 Å². The molecule has 3 aromatic rings. The van der Waals surface area contributed by atoms with Gasteiger partial charge in [-0.2, -0.15) is 8.78 Å². The molecular formula is C17H11BrClF3N2O. The van der Waals surface area contributed by atoms with Crippen LogP contribution >= 0.6 is 27.5 Å². The number of halogens is 5. The largest absolute Gasteiger partial charge is 0.434 e. The van der Waals surface area contributed by atoms with E-state index in [0.29, 0.717) is 33.9 Å². The van der Waals surface area contributed by atoms with Crippen LogP contribution in [-0.2, 0) is 6.42 Å². The van der Waals surface area contributed by atoms with Gasteiger partial charge in [0.1, 0.15) is 17.4 Å².